The van der Waals surface area contributed by atoms with Crippen LogP contribution in [-0.2, 0) is 9.39 Å². The van der Waals surface area contributed by atoms with Gasteiger partial charge < -0.3 is 18.8 Å². The van der Waals surface area contributed by atoms with Gasteiger partial charge in [0.25, 0.3) is 0 Å². The largest absolute Gasteiger partial charge is 0.524 e. The van der Waals surface area contributed by atoms with E-state index in [2.05, 4.69) is 0 Å². The van der Waals surface area contributed by atoms with Crippen LogP contribution < -0.4 is 5.46 Å². The molecule has 0 bridgehead atoms. The molecule has 2 fully saturated rings. The van der Waals surface area contributed by atoms with Gasteiger partial charge in [0.1, 0.15) is 0 Å². The van der Waals surface area contributed by atoms with Gasteiger partial charge in [-0.3, -0.25) is 0 Å². The Hall–Kier alpha value is -0.875. The zero-order valence-electron chi connectivity index (χ0n) is 9.00. The maximum atomic E-state index is 10.9. The van der Waals surface area contributed by atoms with Crippen molar-refractivity contribution in [2.45, 2.75) is 6.23 Å². The van der Waals surface area contributed by atoms with Crippen LogP contribution in [0.4, 0.5) is 0 Å². The number of ether oxygens (including phenoxy) is 1. The Balaban J connectivity index is 2.02. The molecule has 84 valence electrons. The molecule has 1 spiro atoms. The summed E-state index contributed by atoms with van der Waals surface area (Å²) >= 11 is 0. The highest BCUT2D eigenvalue weighted by Gasteiger charge is 2.65. The third-order valence-electron chi connectivity index (χ3n) is 4.47. The summed E-state index contributed by atoms with van der Waals surface area (Å²) in [5.74, 6) is 0. The minimum atomic E-state index is -1.91. The number of nitrogens with zero attached hydrogens (tertiary/aromatic N) is 1. The van der Waals surface area contributed by atoms with Crippen molar-refractivity contribution in [3.05, 3.63) is 29.8 Å². The first-order valence-corrected chi connectivity index (χ1v) is 5.86. The normalized spacial score (nSPS) is 44.2. The van der Waals surface area contributed by atoms with Crippen molar-refractivity contribution in [3.63, 3.8) is 0 Å². The molecule has 0 aliphatic carbocycles. The predicted octanol–water partition coefficient (Wildman–Crippen LogP) is -0.286. The predicted molar refractivity (Wildman–Crippen MR) is 58.7 cm³/mol. The highest BCUT2D eigenvalue weighted by atomic mass is 16.6. The highest BCUT2D eigenvalue weighted by Crippen LogP contribution is 2.47. The van der Waals surface area contributed by atoms with Gasteiger partial charge in [0.2, 0.25) is 0 Å². The van der Waals surface area contributed by atoms with E-state index in [-0.39, 0.29) is 6.23 Å². The van der Waals surface area contributed by atoms with Crippen LogP contribution in [-0.4, -0.2) is 42.4 Å². The first kappa shape index (κ1) is 9.19. The molecule has 4 nitrogen and oxygen atoms in total. The van der Waals surface area contributed by atoms with E-state index in [1.165, 1.54) is 0 Å². The van der Waals surface area contributed by atoms with Gasteiger partial charge in [-0.2, -0.15) is 0 Å². The van der Waals surface area contributed by atoms with Gasteiger partial charge in [0.15, 0.2) is 6.23 Å². The van der Waals surface area contributed by atoms with Gasteiger partial charge in [-0.1, -0.05) is 29.7 Å². The lowest BCUT2D eigenvalue weighted by molar-refractivity contribution is -0.862. The summed E-state index contributed by atoms with van der Waals surface area (Å²) in [6, 6.07) is 7.98. The van der Waals surface area contributed by atoms with E-state index in [0.29, 0.717) is 17.6 Å². The Morgan fingerprint density at radius 1 is 1.25 bits per heavy atom. The van der Waals surface area contributed by atoms with Crippen molar-refractivity contribution in [1.29, 1.82) is 0 Å². The molecule has 1 aromatic carbocycles. The van der Waals surface area contributed by atoms with Crippen molar-refractivity contribution >= 4 is 12.1 Å². The molecule has 0 aromatic heterocycles. The number of quaternary nitrogens is 1. The molecule has 0 saturated carbocycles. The Labute approximate surface area is 94.0 Å². The van der Waals surface area contributed by atoms with E-state index < -0.39 is 6.69 Å². The topological polar surface area (TPSA) is 38.7 Å². The van der Waals surface area contributed by atoms with E-state index in [1.807, 2.05) is 24.3 Å². The summed E-state index contributed by atoms with van der Waals surface area (Å²) in [4.78, 5) is 0. The summed E-state index contributed by atoms with van der Waals surface area (Å²) in [5.41, 5.74) is 2.06. The molecule has 3 atom stereocenters. The van der Waals surface area contributed by atoms with Crippen molar-refractivity contribution in [1.82, 2.24) is 0 Å². The van der Waals surface area contributed by atoms with Crippen molar-refractivity contribution in [3.8, 4) is 0 Å². The molecule has 1 unspecified atom stereocenters. The zero-order valence-corrected chi connectivity index (χ0v) is 9.00. The average molecular weight is 219 g/mol. The summed E-state index contributed by atoms with van der Waals surface area (Å²) in [6.45, 7) is 1.15. The van der Waals surface area contributed by atoms with Crippen LogP contribution in [0.2, 0.25) is 0 Å². The molecule has 0 radical (unpaired) electrons. The quantitative estimate of drug-likeness (QED) is 0.609. The molecule has 1 aromatic rings. The van der Waals surface area contributed by atoms with Crippen molar-refractivity contribution in [2.24, 2.45) is 0 Å². The van der Waals surface area contributed by atoms with Gasteiger partial charge in [0.05, 0.1) is 26.3 Å². The highest BCUT2D eigenvalue weighted by molar-refractivity contribution is 6.75. The number of benzene rings is 1. The van der Waals surface area contributed by atoms with Crippen LogP contribution in [0.1, 0.15) is 11.8 Å². The van der Waals surface area contributed by atoms with E-state index in [0.717, 1.165) is 24.1 Å². The fourth-order valence-corrected chi connectivity index (χ4v) is 3.71. The van der Waals surface area contributed by atoms with Gasteiger partial charge in [0, 0.05) is 5.56 Å². The minimum Gasteiger partial charge on any atom is -0.524 e. The summed E-state index contributed by atoms with van der Waals surface area (Å²) in [7, 11) is 0. The second kappa shape index (κ2) is 2.68. The van der Waals surface area contributed by atoms with Gasteiger partial charge >= 0.3 is 6.69 Å². The molecule has 5 heteroatoms. The Kier molecular flexibility index (Phi) is 1.54. The summed E-state index contributed by atoms with van der Waals surface area (Å²) < 4.78 is 12.1. The molecule has 1 N–H and O–H groups in total. The second-order valence-electron chi connectivity index (χ2n) is 4.98. The Morgan fingerprint density at radius 3 is 3.00 bits per heavy atom. The summed E-state index contributed by atoms with van der Waals surface area (Å²) in [5, 5.41) is 10.9. The first-order valence-electron chi connectivity index (χ1n) is 5.86. The number of rotatable bonds is 0. The van der Waals surface area contributed by atoms with Crippen LogP contribution >= 0.6 is 0 Å². The van der Waals surface area contributed by atoms with Crippen LogP contribution in [0, 0.1) is 0 Å². The Morgan fingerprint density at radius 2 is 2.06 bits per heavy atom. The van der Waals surface area contributed by atoms with Crippen LogP contribution in [0.25, 0.3) is 0 Å². The minimum absolute atomic E-state index is 0.0105. The molecule has 0 amide bonds. The summed E-state index contributed by atoms with van der Waals surface area (Å²) in [6.07, 6.45) is -0.0105. The molecule has 16 heavy (non-hydrogen) atoms. The lowest BCUT2D eigenvalue weighted by atomic mass is 9.63. The molecule has 4 rings (SSSR count). The van der Waals surface area contributed by atoms with Crippen molar-refractivity contribution < 1.29 is 18.8 Å². The van der Waals surface area contributed by atoms with E-state index in [9.17, 15) is 5.02 Å². The van der Waals surface area contributed by atoms with Crippen molar-refractivity contribution in [2.75, 3.05) is 26.3 Å². The van der Waals surface area contributed by atoms with E-state index >= 15 is 0 Å². The molecule has 2 saturated heterocycles. The average Bonchev–Trinajstić information content (AvgIpc) is 2.90. The van der Waals surface area contributed by atoms with Crippen LogP contribution in [0.3, 0.4) is 0 Å². The monoisotopic (exact) mass is 219 g/mol. The van der Waals surface area contributed by atoms with E-state index in [1.54, 1.807) is 0 Å². The fourth-order valence-electron chi connectivity index (χ4n) is 3.71. The third kappa shape index (κ3) is 0.768. The lowest BCUT2D eigenvalue weighted by Gasteiger charge is -2.44. The molecule has 3 aliphatic rings. The molecule has 3 heterocycles. The van der Waals surface area contributed by atoms with Crippen LogP contribution in [0.5, 0.6) is 0 Å². The number of hydrogen-bond donors (Lipinski definition) is 1. The zero-order chi connectivity index (χ0) is 10.8. The maximum Gasteiger partial charge on any atom is 0.503 e. The lowest BCUT2D eigenvalue weighted by Crippen LogP contribution is -2.67. The van der Waals surface area contributed by atoms with Gasteiger partial charge in [-0.05, 0) is 0 Å². The maximum absolute atomic E-state index is 10.9. The standard InChI is InChI=1S/C11H14BNO3/c14-12-10-4-2-1-3-9(10)11-13(12,5-7-15-11)6-8-16-12/h1-4,11,14H,5-8H2/t11-,12?,13+/m0/s1. The SMILES string of the molecule is O[B-]12OCC[N@@+]13CCO[C@H]3c1ccccc12. The molecular weight excluding hydrogens is 205 g/mol. The molecule has 3 aliphatic heterocycles. The van der Waals surface area contributed by atoms with E-state index in [4.69, 9.17) is 9.39 Å². The van der Waals surface area contributed by atoms with Gasteiger partial charge in [-0.25, -0.2) is 0 Å². The van der Waals surface area contributed by atoms with Gasteiger partial charge in [-0.15, -0.1) is 0 Å². The number of hydrogen-bond acceptors (Lipinski definition) is 3. The number of fused-ring (bicyclic) bond motifs is 3. The third-order valence-corrected chi connectivity index (χ3v) is 4.47. The second-order valence-corrected chi connectivity index (χ2v) is 4.98. The fraction of sp³-hybridized carbons (Fsp3) is 0.455. The van der Waals surface area contributed by atoms with Crippen LogP contribution in [0.15, 0.2) is 24.3 Å². The first-order chi connectivity index (χ1) is 7.78. The Bertz CT molecular complexity index is 464. The molecular formula is C11H14BNO3. The smallest absolute Gasteiger partial charge is 0.503 e.